The highest BCUT2D eigenvalue weighted by atomic mass is 32.2. The molecule has 0 radical (unpaired) electrons. The van der Waals surface area contributed by atoms with Crippen molar-refractivity contribution in [3.8, 4) is 0 Å². The van der Waals surface area contributed by atoms with E-state index in [1.165, 1.54) is 11.3 Å². The van der Waals surface area contributed by atoms with Crippen molar-refractivity contribution in [1.82, 2.24) is 15.4 Å². The van der Waals surface area contributed by atoms with E-state index in [1.54, 1.807) is 24.6 Å². The molecule has 1 heterocycles. The van der Waals surface area contributed by atoms with Crippen LogP contribution < -0.4 is 15.4 Å². The molecule has 2 rings (SSSR count). The quantitative estimate of drug-likeness (QED) is 0.293. The predicted octanol–water partition coefficient (Wildman–Crippen LogP) is 2.36. The lowest BCUT2D eigenvalue weighted by molar-refractivity contribution is 0.0646. The molecule has 154 valence electrons. The molecule has 0 amide bonds. The number of thiophene rings is 1. The Morgan fingerprint density at radius 2 is 1.86 bits per heavy atom. The number of hydrogen-bond acceptors (Lipinski definition) is 5. The van der Waals surface area contributed by atoms with Gasteiger partial charge in [-0.05, 0) is 30.4 Å². The largest absolute Gasteiger partial charge is 0.374 e. The Bertz CT molecular complexity index is 809. The first-order valence-corrected chi connectivity index (χ1v) is 11.5. The van der Waals surface area contributed by atoms with Crippen LogP contribution in [0.25, 0.3) is 0 Å². The summed E-state index contributed by atoms with van der Waals surface area (Å²) in [7, 11) is -1.75. The van der Waals surface area contributed by atoms with Crippen molar-refractivity contribution in [2.45, 2.75) is 23.7 Å². The van der Waals surface area contributed by atoms with Crippen LogP contribution in [-0.4, -0.2) is 47.7 Å². The van der Waals surface area contributed by atoms with Crippen molar-refractivity contribution in [3.63, 3.8) is 0 Å². The molecule has 0 spiro atoms. The standard InChI is InChI=1S/C19H28N4O3S2/c1-16(17-8-4-3-5-9-17)26-14-7-11-21-19(20-2)22-12-13-23-28(24,25)18-10-6-15-27-18/h3-6,8-10,15-16,23H,7,11-14H2,1-2H3,(H2,20,21,22). The second kappa shape index (κ2) is 11.8. The van der Waals surface area contributed by atoms with E-state index in [1.807, 2.05) is 25.1 Å². The molecule has 0 bridgehead atoms. The number of benzene rings is 1. The first kappa shape index (κ1) is 22.4. The third kappa shape index (κ3) is 7.59. The van der Waals surface area contributed by atoms with Gasteiger partial charge < -0.3 is 15.4 Å². The summed E-state index contributed by atoms with van der Waals surface area (Å²) in [5, 5.41) is 8.02. The number of nitrogens with zero attached hydrogens (tertiary/aromatic N) is 1. The maximum absolute atomic E-state index is 12.0. The highest BCUT2D eigenvalue weighted by molar-refractivity contribution is 7.91. The number of guanidine groups is 1. The Balaban J connectivity index is 1.57. The Hall–Kier alpha value is -1.94. The Kier molecular flexibility index (Phi) is 9.42. The normalized spacial score (nSPS) is 13.3. The van der Waals surface area contributed by atoms with E-state index in [0.717, 1.165) is 12.0 Å². The molecule has 0 aliphatic rings. The molecular weight excluding hydrogens is 396 g/mol. The number of hydrogen-bond donors (Lipinski definition) is 3. The van der Waals surface area contributed by atoms with Gasteiger partial charge in [-0.15, -0.1) is 11.3 Å². The summed E-state index contributed by atoms with van der Waals surface area (Å²) in [6, 6.07) is 13.4. The second-order valence-electron chi connectivity index (χ2n) is 6.03. The molecule has 0 saturated heterocycles. The van der Waals surface area contributed by atoms with E-state index >= 15 is 0 Å². The van der Waals surface area contributed by atoms with E-state index in [2.05, 4.69) is 32.5 Å². The van der Waals surface area contributed by atoms with Gasteiger partial charge in [-0.2, -0.15) is 0 Å². The molecule has 28 heavy (non-hydrogen) atoms. The van der Waals surface area contributed by atoms with Gasteiger partial charge in [0.25, 0.3) is 0 Å². The summed E-state index contributed by atoms with van der Waals surface area (Å²) in [5.41, 5.74) is 1.16. The summed E-state index contributed by atoms with van der Waals surface area (Å²) in [5.74, 6) is 0.631. The van der Waals surface area contributed by atoms with Gasteiger partial charge in [-0.3, -0.25) is 4.99 Å². The maximum Gasteiger partial charge on any atom is 0.250 e. The molecule has 1 atom stereocenters. The van der Waals surface area contributed by atoms with Crippen LogP contribution in [0.2, 0.25) is 0 Å². The van der Waals surface area contributed by atoms with Crippen molar-refractivity contribution in [1.29, 1.82) is 0 Å². The predicted molar refractivity (Wildman–Crippen MR) is 114 cm³/mol. The van der Waals surface area contributed by atoms with Gasteiger partial charge in [0.15, 0.2) is 5.96 Å². The van der Waals surface area contributed by atoms with Crippen LogP contribution >= 0.6 is 11.3 Å². The molecule has 0 fully saturated rings. The lowest BCUT2D eigenvalue weighted by atomic mass is 10.1. The fourth-order valence-electron chi connectivity index (χ4n) is 2.43. The van der Waals surface area contributed by atoms with Gasteiger partial charge in [0.05, 0.1) is 6.10 Å². The molecule has 9 heteroatoms. The van der Waals surface area contributed by atoms with Crippen molar-refractivity contribution in [2.24, 2.45) is 4.99 Å². The first-order chi connectivity index (χ1) is 13.5. The van der Waals surface area contributed by atoms with Gasteiger partial charge >= 0.3 is 0 Å². The number of sulfonamides is 1. The number of aliphatic imine (C=N–C) groups is 1. The first-order valence-electron chi connectivity index (χ1n) is 9.17. The molecule has 3 N–H and O–H groups in total. The Labute approximate surface area is 171 Å². The summed E-state index contributed by atoms with van der Waals surface area (Å²) < 4.78 is 32.8. The van der Waals surface area contributed by atoms with Gasteiger partial charge in [0.1, 0.15) is 4.21 Å². The Morgan fingerprint density at radius 1 is 1.11 bits per heavy atom. The number of nitrogens with one attached hydrogen (secondary N) is 3. The van der Waals surface area contributed by atoms with Gasteiger partial charge in [0, 0.05) is 33.3 Å². The topological polar surface area (TPSA) is 91.8 Å². The van der Waals surface area contributed by atoms with Crippen LogP contribution in [0.3, 0.4) is 0 Å². The second-order valence-corrected chi connectivity index (χ2v) is 8.97. The molecule has 0 aliphatic carbocycles. The van der Waals surface area contributed by atoms with E-state index in [4.69, 9.17) is 4.74 Å². The molecule has 1 unspecified atom stereocenters. The zero-order valence-electron chi connectivity index (χ0n) is 16.2. The third-order valence-electron chi connectivity index (χ3n) is 3.94. The minimum atomic E-state index is -3.43. The van der Waals surface area contributed by atoms with Crippen molar-refractivity contribution < 1.29 is 13.2 Å². The average Bonchev–Trinajstić information content (AvgIpc) is 3.25. The van der Waals surface area contributed by atoms with Crippen molar-refractivity contribution >= 4 is 27.3 Å². The lowest BCUT2D eigenvalue weighted by Gasteiger charge is -2.15. The number of rotatable bonds is 11. The van der Waals surface area contributed by atoms with Crippen molar-refractivity contribution in [3.05, 3.63) is 53.4 Å². The minimum Gasteiger partial charge on any atom is -0.374 e. The summed E-state index contributed by atoms with van der Waals surface area (Å²) in [4.78, 5) is 4.13. The fraction of sp³-hybridized carbons (Fsp3) is 0.421. The average molecular weight is 425 g/mol. The summed E-state index contributed by atoms with van der Waals surface area (Å²) in [6.45, 7) is 4.10. The number of ether oxygens (including phenoxy) is 1. The fourth-order valence-corrected chi connectivity index (χ4v) is 4.50. The minimum absolute atomic E-state index is 0.0648. The van der Waals surface area contributed by atoms with Crippen LogP contribution in [-0.2, 0) is 14.8 Å². The van der Waals surface area contributed by atoms with Gasteiger partial charge in [-0.25, -0.2) is 13.1 Å². The highest BCUT2D eigenvalue weighted by Crippen LogP contribution is 2.16. The SMILES string of the molecule is CN=C(NCCCOC(C)c1ccccc1)NCCNS(=O)(=O)c1cccs1. The van der Waals surface area contributed by atoms with E-state index in [9.17, 15) is 8.42 Å². The van der Waals surface area contributed by atoms with Gasteiger partial charge in [-0.1, -0.05) is 36.4 Å². The van der Waals surface area contributed by atoms with Crippen LogP contribution in [0.5, 0.6) is 0 Å². The van der Waals surface area contributed by atoms with Crippen LogP contribution in [0.4, 0.5) is 0 Å². The van der Waals surface area contributed by atoms with Crippen molar-refractivity contribution in [2.75, 3.05) is 33.3 Å². The van der Waals surface area contributed by atoms with Crippen LogP contribution in [0.1, 0.15) is 25.0 Å². The third-order valence-corrected chi connectivity index (χ3v) is 6.80. The molecule has 2 aromatic rings. The van der Waals surface area contributed by atoms with Gasteiger partial charge in [0.2, 0.25) is 10.0 Å². The Morgan fingerprint density at radius 3 is 2.54 bits per heavy atom. The molecular formula is C19H28N4O3S2. The maximum atomic E-state index is 12.0. The monoisotopic (exact) mass is 424 g/mol. The zero-order valence-corrected chi connectivity index (χ0v) is 17.9. The summed E-state index contributed by atoms with van der Waals surface area (Å²) in [6.07, 6.45) is 0.901. The molecule has 1 aromatic carbocycles. The van der Waals surface area contributed by atoms with E-state index in [-0.39, 0.29) is 12.6 Å². The van der Waals surface area contributed by atoms with Crippen LogP contribution in [0, 0.1) is 0 Å². The molecule has 0 aliphatic heterocycles. The zero-order chi connectivity index (χ0) is 20.2. The lowest BCUT2D eigenvalue weighted by Crippen LogP contribution is -2.41. The molecule has 7 nitrogen and oxygen atoms in total. The molecule has 0 saturated carbocycles. The smallest absolute Gasteiger partial charge is 0.250 e. The van der Waals surface area contributed by atoms with E-state index in [0.29, 0.717) is 29.9 Å². The van der Waals surface area contributed by atoms with E-state index < -0.39 is 10.0 Å². The van der Waals surface area contributed by atoms with Crippen LogP contribution in [0.15, 0.2) is 57.0 Å². The summed E-state index contributed by atoms with van der Waals surface area (Å²) >= 11 is 1.20. The molecule has 1 aromatic heterocycles. The highest BCUT2D eigenvalue weighted by Gasteiger charge is 2.13.